The molecule has 0 atom stereocenters. The lowest BCUT2D eigenvalue weighted by Crippen LogP contribution is -2.10. The molecule has 53 valence electrons. The van der Waals surface area contributed by atoms with Crippen molar-refractivity contribution in [2.45, 2.75) is 6.92 Å². The Labute approximate surface area is 61.5 Å². The van der Waals surface area contributed by atoms with Crippen molar-refractivity contribution in [1.82, 2.24) is 4.98 Å². The summed E-state index contributed by atoms with van der Waals surface area (Å²) < 4.78 is 0. The first-order valence-corrected chi connectivity index (χ1v) is 3.22. The molecule has 1 radical (unpaired) electrons. The van der Waals surface area contributed by atoms with Gasteiger partial charge in [-0.1, -0.05) is 0 Å². The zero-order chi connectivity index (χ0) is 7.56. The summed E-state index contributed by atoms with van der Waals surface area (Å²) in [6.07, 6.45) is 4.64. The minimum absolute atomic E-state index is 1.09. The van der Waals surface area contributed by atoms with Gasteiger partial charge < -0.3 is 4.90 Å². The molecule has 0 unspecified atom stereocenters. The Bertz CT molecular complexity index is 218. The predicted octanol–water partition coefficient (Wildman–Crippen LogP) is 1.26. The third-order valence-corrected chi connectivity index (χ3v) is 1.41. The highest BCUT2D eigenvalue weighted by molar-refractivity contribution is 5.49. The summed E-state index contributed by atoms with van der Waals surface area (Å²) in [4.78, 5) is 5.92. The molecule has 1 heterocycles. The first kappa shape index (κ1) is 7.06. The number of aromatic nitrogens is 1. The van der Waals surface area contributed by atoms with E-state index < -0.39 is 0 Å². The van der Waals surface area contributed by atoms with Gasteiger partial charge in [-0.3, -0.25) is 4.98 Å². The van der Waals surface area contributed by atoms with Crippen LogP contribution >= 0.6 is 0 Å². The number of hydrogen-bond acceptors (Lipinski definition) is 2. The van der Waals surface area contributed by atoms with Crippen LogP contribution in [0.15, 0.2) is 12.3 Å². The number of aryl methyl sites for hydroxylation is 1. The van der Waals surface area contributed by atoms with Gasteiger partial charge in [-0.15, -0.1) is 0 Å². The normalized spacial score (nSPS) is 9.50. The van der Waals surface area contributed by atoms with E-state index in [-0.39, 0.29) is 0 Å². The number of nitrogens with zero attached hydrogens (tertiary/aromatic N) is 2. The van der Waals surface area contributed by atoms with Gasteiger partial charge in [0.05, 0.1) is 6.20 Å². The molecule has 0 aromatic carbocycles. The fraction of sp³-hybridized carbons (Fsp3) is 0.375. The van der Waals surface area contributed by atoms with Crippen LogP contribution in [0, 0.1) is 13.1 Å². The maximum absolute atomic E-state index is 3.88. The molecule has 1 rings (SSSR count). The number of rotatable bonds is 1. The van der Waals surface area contributed by atoms with E-state index in [4.69, 9.17) is 0 Å². The molecule has 0 N–H and O–H groups in total. The average molecular weight is 135 g/mol. The monoisotopic (exact) mass is 135 g/mol. The second-order valence-electron chi connectivity index (χ2n) is 2.46. The molecule has 0 saturated carbocycles. The minimum atomic E-state index is 1.09. The minimum Gasteiger partial charge on any atom is -0.377 e. The molecule has 1 aromatic heterocycles. The van der Waals surface area contributed by atoms with Gasteiger partial charge in [-0.2, -0.15) is 0 Å². The first-order valence-electron chi connectivity index (χ1n) is 3.22. The Morgan fingerprint density at radius 2 is 2.20 bits per heavy atom. The fourth-order valence-electron chi connectivity index (χ4n) is 0.909. The van der Waals surface area contributed by atoms with Gasteiger partial charge in [0.15, 0.2) is 0 Å². The maximum atomic E-state index is 3.88. The van der Waals surface area contributed by atoms with Crippen molar-refractivity contribution in [2.24, 2.45) is 0 Å². The topological polar surface area (TPSA) is 16.1 Å². The fourth-order valence-corrected chi connectivity index (χ4v) is 0.909. The van der Waals surface area contributed by atoms with Gasteiger partial charge in [0.1, 0.15) is 0 Å². The lowest BCUT2D eigenvalue weighted by atomic mass is 10.2. The van der Waals surface area contributed by atoms with E-state index in [0.29, 0.717) is 0 Å². The van der Waals surface area contributed by atoms with Crippen LogP contribution in [-0.2, 0) is 0 Å². The lowest BCUT2D eigenvalue weighted by Gasteiger charge is -2.13. The van der Waals surface area contributed by atoms with Crippen LogP contribution in [0.1, 0.15) is 5.56 Å². The largest absolute Gasteiger partial charge is 0.377 e. The number of pyridine rings is 1. The summed E-state index contributed by atoms with van der Waals surface area (Å²) in [5.74, 6) is 0. The molecule has 0 aliphatic rings. The Kier molecular flexibility index (Phi) is 1.90. The third kappa shape index (κ3) is 1.26. The van der Waals surface area contributed by atoms with Crippen molar-refractivity contribution in [1.29, 1.82) is 0 Å². The van der Waals surface area contributed by atoms with Crippen molar-refractivity contribution in [3.63, 3.8) is 0 Å². The zero-order valence-corrected chi connectivity index (χ0v) is 6.55. The number of hydrogen-bond donors (Lipinski definition) is 0. The highest BCUT2D eigenvalue weighted by Gasteiger charge is 1.97. The summed E-state index contributed by atoms with van der Waals surface area (Å²) in [5.41, 5.74) is 2.27. The van der Waals surface area contributed by atoms with Crippen LogP contribution in [0.4, 0.5) is 5.69 Å². The van der Waals surface area contributed by atoms with Crippen LogP contribution in [0.5, 0.6) is 0 Å². The molecular weight excluding hydrogens is 124 g/mol. The van der Waals surface area contributed by atoms with Crippen LogP contribution in [0.25, 0.3) is 0 Å². The molecule has 0 bridgehead atoms. The SMILES string of the molecule is Cc1[c]nccc1N(C)C. The molecule has 0 aliphatic heterocycles. The summed E-state index contributed by atoms with van der Waals surface area (Å²) in [7, 11) is 4.02. The smallest absolute Gasteiger partial charge is 0.0939 e. The average Bonchev–Trinajstić information content (AvgIpc) is 1.88. The molecule has 0 amide bonds. The van der Waals surface area contributed by atoms with Gasteiger partial charge in [0, 0.05) is 31.5 Å². The van der Waals surface area contributed by atoms with Crippen LogP contribution in [-0.4, -0.2) is 19.1 Å². The van der Waals surface area contributed by atoms with E-state index in [1.54, 1.807) is 6.20 Å². The predicted molar refractivity (Wildman–Crippen MR) is 42.1 cm³/mol. The van der Waals surface area contributed by atoms with Crippen molar-refractivity contribution in [3.05, 3.63) is 24.0 Å². The van der Waals surface area contributed by atoms with Gasteiger partial charge in [0.2, 0.25) is 0 Å². The molecule has 1 aromatic rings. The molecule has 0 spiro atoms. The van der Waals surface area contributed by atoms with Crippen LogP contribution in [0.3, 0.4) is 0 Å². The molecule has 0 fully saturated rings. The number of anilines is 1. The molecule has 10 heavy (non-hydrogen) atoms. The Morgan fingerprint density at radius 1 is 1.50 bits per heavy atom. The van der Waals surface area contributed by atoms with Gasteiger partial charge in [-0.05, 0) is 13.0 Å². The summed E-state index contributed by atoms with van der Waals surface area (Å²) in [6, 6.07) is 1.98. The van der Waals surface area contributed by atoms with Crippen molar-refractivity contribution < 1.29 is 0 Å². The van der Waals surface area contributed by atoms with Gasteiger partial charge in [0.25, 0.3) is 0 Å². The Hall–Kier alpha value is -1.05. The highest BCUT2D eigenvalue weighted by Crippen LogP contribution is 2.13. The van der Waals surface area contributed by atoms with Crippen molar-refractivity contribution >= 4 is 5.69 Å². The summed E-state index contributed by atoms with van der Waals surface area (Å²) in [5, 5.41) is 0. The second-order valence-corrected chi connectivity index (χ2v) is 2.46. The van der Waals surface area contributed by atoms with Crippen LogP contribution in [0.2, 0.25) is 0 Å². The van der Waals surface area contributed by atoms with E-state index in [2.05, 4.69) is 11.2 Å². The van der Waals surface area contributed by atoms with E-state index in [1.165, 1.54) is 5.69 Å². The van der Waals surface area contributed by atoms with E-state index in [1.807, 2.05) is 32.0 Å². The van der Waals surface area contributed by atoms with Gasteiger partial charge in [-0.25, -0.2) is 0 Å². The van der Waals surface area contributed by atoms with E-state index in [0.717, 1.165) is 5.56 Å². The van der Waals surface area contributed by atoms with Gasteiger partial charge >= 0.3 is 0 Å². The van der Waals surface area contributed by atoms with Crippen molar-refractivity contribution in [3.8, 4) is 0 Å². The summed E-state index contributed by atoms with van der Waals surface area (Å²) >= 11 is 0. The van der Waals surface area contributed by atoms with E-state index in [9.17, 15) is 0 Å². The lowest BCUT2D eigenvalue weighted by molar-refractivity contribution is 1.09. The van der Waals surface area contributed by atoms with E-state index >= 15 is 0 Å². The maximum Gasteiger partial charge on any atom is 0.0939 e. The second kappa shape index (κ2) is 2.69. The first-order chi connectivity index (χ1) is 4.72. The zero-order valence-electron chi connectivity index (χ0n) is 6.55. The molecule has 2 nitrogen and oxygen atoms in total. The standard InChI is InChI=1S/C8H11N2/c1-7-6-9-5-4-8(7)10(2)3/h4-5H,1-3H3. The third-order valence-electron chi connectivity index (χ3n) is 1.41. The molecule has 0 saturated heterocycles. The molecular formula is C8H11N2. The Balaban J connectivity index is 3.03. The highest BCUT2D eigenvalue weighted by atomic mass is 15.1. The van der Waals surface area contributed by atoms with Crippen molar-refractivity contribution in [2.75, 3.05) is 19.0 Å². The summed E-state index contributed by atoms with van der Waals surface area (Å²) in [6.45, 7) is 2.00. The molecule has 2 heteroatoms. The Morgan fingerprint density at radius 3 is 2.60 bits per heavy atom. The van der Waals surface area contributed by atoms with Crippen LogP contribution < -0.4 is 4.90 Å². The molecule has 0 aliphatic carbocycles. The quantitative estimate of drug-likeness (QED) is 0.576.